The zero-order chi connectivity index (χ0) is 22.1. The Labute approximate surface area is 194 Å². The molecule has 0 unspecified atom stereocenters. The van der Waals surface area contributed by atoms with Crippen molar-refractivity contribution < 1.29 is 13.9 Å². The van der Waals surface area contributed by atoms with Crippen LogP contribution in [-0.4, -0.2) is 14.9 Å². The summed E-state index contributed by atoms with van der Waals surface area (Å²) in [7, 11) is 0. The number of amides is 1. The van der Waals surface area contributed by atoms with E-state index in [9.17, 15) is 9.18 Å². The summed E-state index contributed by atoms with van der Waals surface area (Å²) in [5.41, 5.74) is 3.02. The van der Waals surface area contributed by atoms with Gasteiger partial charge in [-0.05, 0) is 74.1 Å². The fourth-order valence-corrected chi connectivity index (χ4v) is 4.70. The first-order valence-corrected chi connectivity index (χ1v) is 11.0. The molecular formula is C23H18ClFN2O2S2. The van der Waals surface area contributed by atoms with Crippen LogP contribution in [0.2, 0.25) is 5.02 Å². The molecule has 1 aromatic heterocycles. The third-order valence-corrected chi connectivity index (χ3v) is 6.47. The molecule has 1 aliphatic rings. The Hall–Kier alpha value is -2.61. The van der Waals surface area contributed by atoms with Gasteiger partial charge in [0.2, 0.25) is 0 Å². The minimum atomic E-state index is -0.403. The first-order chi connectivity index (χ1) is 14.8. The van der Waals surface area contributed by atoms with E-state index in [1.54, 1.807) is 30.3 Å². The second-order valence-corrected chi connectivity index (χ2v) is 9.06. The van der Waals surface area contributed by atoms with Crippen molar-refractivity contribution in [1.82, 2.24) is 4.68 Å². The van der Waals surface area contributed by atoms with E-state index in [1.807, 2.05) is 42.8 Å². The van der Waals surface area contributed by atoms with Gasteiger partial charge >= 0.3 is 0 Å². The number of benzene rings is 2. The van der Waals surface area contributed by atoms with Gasteiger partial charge in [0.05, 0.1) is 9.93 Å². The zero-order valence-corrected chi connectivity index (χ0v) is 19.2. The molecule has 158 valence electrons. The highest BCUT2D eigenvalue weighted by atomic mass is 35.5. The monoisotopic (exact) mass is 472 g/mol. The van der Waals surface area contributed by atoms with E-state index in [4.69, 9.17) is 28.6 Å². The number of rotatable bonds is 5. The van der Waals surface area contributed by atoms with E-state index in [2.05, 4.69) is 0 Å². The fraction of sp³-hybridized carbons (Fsp3) is 0.130. The number of carbonyl (C=O) groups excluding carboxylic acids is 1. The lowest BCUT2D eigenvalue weighted by Crippen LogP contribution is -2.39. The molecule has 0 spiro atoms. The smallest absolute Gasteiger partial charge is 0.285 e. The Morgan fingerprint density at radius 1 is 1.10 bits per heavy atom. The van der Waals surface area contributed by atoms with Crippen LogP contribution in [0.3, 0.4) is 0 Å². The largest absolute Gasteiger partial charge is 0.489 e. The Balaban J connectivity index is 1.48. The second kappa shape index (κ2) is 8.86. The number of thiocarbonyl (C=S) groups is 1. The topological polar surface area (TPSA) is 34.5 Å². The number of hydrogen-bond acceptors (Lipinski definition) is 4. The van der Waals surface area contributed by atoms with Gasteiger partial charge in [0.25, 0.3) is 5.91 Å². The number of aromatic nitrogens is 1. The molecule has 4 rings (SSSR count). The first kappa shape index (κ1) is 21.6. The number of nitrogens with zero attached hydrogens (tertiary/aromatic N) is 2. The highest BCUT2D eigenvalue weighted by molar-refractivity contribution is 8.27. The normalized spacial score (nSPS) is 15.2. The molecule has 31 heavy (non-hydrogen) atoms. The van der Waals surface area contributed by atoms with E-state index in [0.717, 1.165) is 17.0 Å². The van der Waals surface area contributed by atoms with E-state index in [-0.39, 0.29) is 12.5 Å². The van der Waals surface area contributed by atoms with Crippen LogP contribution in [0, 0.1) is 19.7 Å². The summed E-state index contributed by atoms with van der Waals surface area (Å²) >= 11 is 12.7. The molecule has 0 aliphatic carbocycles. The average molecular weight is 473 g/mol. The highest BCUT2D eigenvalue weighted by Gasteiger charge is 2.34. The Bertz CT molecular complexity index is 1170. The van der Waals surface area contributed by atoms with Gasteiger partial charge in [-0.2, -0.15) is 5.01 Å². The summed E-state index contributed by atoms with van der Waals surface area (Å²) in [6.07, 6.45) is 1.80. The minimum Gasteiger partial charge on any atom is -0.489 e. The quantitative estimate of drug-likeness (QED) is 0.336. The van der Waals surface area contributed by atoms with Crippen molar-refractivity contribution >= 4 is 51.9 Å². The standard InChI is InChI=1S/C23H18ClFN2O2S2/c1-14-6-7-15(2)26(14)27-22(28)21(31-23(27)30)12-16-8-10-17(11-9-16)29-13-18-19(24)4-3-5-20(18)25/h3-12H,13H2,1-2H3/b21-12-. The molecule has 8 heteroatoms. The Morgan fingerprint density at radius 2 is 1.77 bits per heavy atom. The molecule has 0 N–H and O–H groups in total. The van der Waals surface area contributed by atoms with Crippen molar-refractivity contribution in [2.75, 3.05) is 5.01 Å². The molecule has 3 aromatic rings. The van der Waals surface area contributed by atoms with E-state index in [0.29, 0.717) is 25.6 Å². The van der Waals surface area contributed by atoms with Crippen LogP contribution in [0.15, 0.2) is 59.5 Å². The average Bonchev–Trinajstić information content (AvgIpc) is 3.20. The van der Waals surface area contributed by atoms with Gasteiger partial charge in [0, 0.05) is 17.0 Å². The van der Waals surface area contributed by atoms with Crippen LogP contribution in [0.1, 0.15) is 22.5 Å². The number of carbonyl (C=O) groups is 1. The third kappa shape index (κ3) is 4.39. The molecule has 1 aliphatic heterocycles. The van der Waals surface area contributed by atoms with Crippen molar-refractivity contribution in [3.05, 3.63) is 92.9 Å². The molecule has 1 saturated heterocycles. The Morgan fingerprint density at radius 3 is 2.42 bits per heavy atom. The van der Waals surface area contributed by atoms with Crippen LogP contribution < -0.4 is 9.75 Å². The van der Waals surface area contributed by atoms with Crippen LogP contribution in [0.25, 0.3) is 6.08 Å². The maximum atomic E-state index is 13.9. The van der Waals surface area contributed by atoms with Crippen LogP contribution >= 0.6 is 35.6 Å². The summed E-state index contributed by atoms with van der Waals surface area (Å²) in [4.78, 5) is 13.5. The maximum absolute atomic E-state index is 13.9. The summed E-state index contributed by atoms with van der Waals surface area (Å²) in [6, 6.07) is 15.6. The molecule has 0 bridgehead atoms. The lowest BCUT2D eigenvalue weighted by Gasteiger charge is -2.20. The molecule has 2 heterocycles. The van der Waals surface area contributed by atoms with Crippen molar-refractivity contribution in [2.24, 2.45) is 0 Å². The van der Waals surface area contributed by atoms with Gasteiger partial charge in [-0.25, -0.2) is 4.39 Å². The van der Waals surface area contributed by atoms with Crippen LogP contribution in [0.5, 0.6) is 5.75 Å². The molecule has 4 nitrogen and oxygen atoms in total. The lowest BCUT2D eigenvalue weighted by atomic mass is 10.2. The van der Waals surface area contributed by atoms with Gasteiger partial charge in [-0.1, -0.05) is 41.6 Å². The number of ether oxygens (including phenoxy) is 1. The highest BCUT2D eigenvalue weighted by Crippen LogP contribution is 2.33. The molecule has 1 amide bonds. The van der Waals surface area contributed by atoms with Crippen molar-refractivity contribution in [3.63, 3.8) is 0 Å². The Kier molecular flexibility index (Phi) is 6.18. The summed E-state index contributed by atoms with van der Waals surface area (Å²) < 4.78 is 21.8. The minimum absolute atomic E-state index is 0.0269. The predicted octanol–water partition coefficient (Wildman–Crippen LogP) is 6.01. The number of thioether (sulfide) groups is 1. The van der Waals surface area contributed by atoms with Gasteiger partial charge < -0.3 is 4.74 Å². The van der Waals surface area contributed by atoms with Crippen molar-refractivity contribution in [3.8, 4) is 5.75 Å². The summed E-state index contributed by atoms with van der Waals surface area (Å²) in [6.45, 7) is 3.89. The maximum Gasteiger partial charge on any atom is 0.285 e. The molecule has 0 atom stereocenters. The van der Waals surface area contributed by atoms with Crippen LogP contribution in [0.4, 0.5) is 4.39 Å². The third-order valence-electron chi connectivity index (χ3n) is 4.83. The van der Waals surface area contributed by atoms with Crippen molar-refractivity contribution in [2.45, 2.75) is 20.5 Å². The van der Waals surface area contributed by atoms with Gasteiger partial charge in [-0.15, -0.1) is 0 Å². The zero-order valence-electron chi connectivity index (χ0n) is 16.8. The molecule has 0 saturated carbocycles. The van der Waals surface area contributed by atoms with E-state index in [1.165, 1.54) is 22.8 Å². The summed E-state index contributed by atoms with van der Waals surface area (Å²) in [5.74, 6) is 0.00819. The first-order valence-electron chi connectivity index (χ1n) is 9.44. The fourth-order valence-electron chi connectivity index (χ4n) is 3.25. The van der Waals surface area contributed by atoms with Crippen molar-refractivity contribution in [1.29, 1.82) is 0 Å². The predicted molar refractivity (Wildman–Crippen MR) is 127 cm³/mol. The lowest BCUT2D eigenvalue weighted by molar-refractivity contribution is -0.114. The summed E-state index contributed by atoms with van der Waals surface area (Å²) in [5, 5.41) is 1.85. The number of aryl methyl sites for hydroxylation is 2. The van der Waals surface area contributed by atoms with Gasteiger partial charge in [-0.3, -0.25) is 9.47 Å². The molecule has 0 radical (unpaired) electrons. The van der Waals surface area contributed by atoms with Crippen LogP contribution in [-0.2, 0) is 11.4 Å². The second-order valence-electron chi connectivity index (χ2n) is 6.98. The molecule has 1 fully saturated rings. The van der Waals surface area contributed by atoms with Gasteiger partial charge in [0.15, 0.2) is 4.32 Å². The van der Waals surface area contributed by atoms with Gasteiger partial charge in [0.1, 0.15) is 18.2 Å². The molecular weight excluding hydrogens is 455 g/mol. The SMILES string of the molecule is Cc1ccc(C)n1N1C(=O)/C(=C/c2ccc(OCc3c(F)cccc3Cl)cc2)SC1=S. The number of halogens is 2. The molecule has 2 aromatic carbocycles. The van der Waals surface area contributed by atoms with E-state index >= 15 is 0 Å². The van der Waals surface area contributed by atoms with E-state index < -0.39 is 5.82 Å². The number of hydrogen-bond donors (Lipinski definition) is 0.